The molecule has 1 unspecified atom stereocenters. The number of hydrogen-bond acceptors (Lipinski definition) is 4. The number of ether oxygens (including phenoxy) is 3. The Morgan fingerprint density at radius 2 is 2.17 bits per heavy atom. The van der Waals surface area contributed by atoms with E-state index in [2.05, 4.69) is 22.6 Å². The summed E-state index contributed by atoms with van der Waals surface area (Å²) in [6.07, 6.45) is 1.15. The Balaban J connectivity index is 2.45. The zero-order chi connectivity index (χ0) is 13.2. The predicted molar refractivity (Wildman–Crippen MR) is 75.4 cm³/mol. The molecule has 18 heavy (non-hydrogen) atoms. The molecule has 0 aromatic heterocycles. The second kappa shape index (κ2) is 5.34. The SMILES string of the molecule is COc1ccc(C2(CI)CCC(=O)O2)c(OC)c1. The molecule has 0 spiro atoms. The zero-order valence-electron chi connectivity index (χ0n) is 10.4. The molecular weight excluding hydrogens is 347 g/mol. The van der Waals surface area contributed by atoms with Gasteiger partial charge in [0.2, 0.25) is 0 Å². The first kappa shape index (κ1) is 13.5. The highest BCUT2D eigenvalue weighted by atomic mass is 127. The summed E-state index contributed by atoms with van der Waals surface area (Å²) in [4.78, 5) is 11.4. The van der Waals surface area contributed by atoms with E-state index >= 15 is 0 Å². The maximum Gasteiger partial charge on any atom is 0.306 e. The normalized spacial score (nSPS) is 22.7. The second-order valence-corrected chi connectivity index (χ2v) is 4.93. The van der Waals surface area contributed by atoms with Crippen LogP contribution in [0.15, 0.2) is 18.2 Å². The molecular formula is C13H15IO4. The van der Waals surface area contributed by atoms with Gasteiger partial charge in [-0.2, -0.15) is 0 Å². The summed E-state index contributed by atoms with van der Waals surface area (Å²) < 4.78 is 16.8. The molecule has 1 aliphatic heterocycles. The van der Waals surface area contributed by atoms with Crippen LogP contribution in [0.4, 0.5) is 0 Å². The second-order valence-electron chi connectivity index (χ2n) is 4.17. The van der Waals surface area contributed by atoms with E-state index in [1.807, 2.05) is 18.2 Å². The van der Waals surface area contributed by atoms with Crippen LogP contribution in [0.25, 0.3) is 0 Å². The molecule has 0 bridgehead atoms. The van der Waals surface area contributed by atoms with Crippen molar-refractivity contribution in [2.24, 2.45) is 0 Å². The van der Waals surface area contributed by atoms with Crippen molar-refractivity contribution in [3.8, 4) is 11.5 Å². The fourth-order valence-electron chi connectivity index (χ4n) is 2.15. The first-order valence-corrected chi connectivity index (χ1v) is 7.18. The number of cyclic esters (lactones) is 1. The Kier molecular flexibility index (Phi) is 3.99. The number of methoxy groups -OCH3 is 2. The third-order valence-corrected chi connectivity index (χ3v) is 4.39. The smallest absolute Gasteiger partial charge is 0.306 e. The minimum absolute atomic E-state index is 0.149. The minimum atomic E-state index is -0.560. The van der Waals surface area contributed by atoms with Gasteiger partial charge in [-0.25, -0.2) is 0 Å². The van der Waals surface area contributed by atoms with Gasteiger partial charge >= 0.3 is 5.97 Å². The molecule has 1 aromatic rings. The molecule has 5 heteroatoms. The van der Waals surface area contributed by atoms with Crippen LogP contribution in [0.2, 0.25) is 0 Å². The summed E-state index contributed by atoms with van der Waals surface area (Å²) in [7, 11) is 3.22. The Labute approximate surface area is 120 Å². The number of benzene rings is 1. The first-order chi connectivity index (χ1) is 8.65. The van der Waals surface area contributed by atoms with Crippen LogP contribution in [0.1, 0.15) is 18.4 Å². The Morgan fingerprint density at radius 3 is 2.67 bits per heavy atom. The van der Waals surface area contributed by atoms with Crippen molar-refractivity contribution in [3.05, 3.63) is 23.8 Å². The van der Waals surface area contributed by atoms with Crippen molar-refractivity contribution in [2.45, 2.75) is 18.4 Å². The molecule has 1 fully saturated rings. The average Bonchev–Trinajstić information content (AvgIpc) is 2.80. The van der Waals surface area contributed by atoms with E-state index in [0.29, 0.717) is 23.0 Å². The average molecular weight is 362 g/mol. The minimum Gasteiger partial charge on any atom is -0.497 e. The standard InChI is InChI=1S/C13H15IO4/c1-16-9-3-4-10(11(7-9)17-2)13(8-14)6-5-12(15)18-13/h3-4,7H,5-6,8H2,1-2H3. The number of rotatable bonds is 4. The van der Waals surface area contributed by atoms with Gasteiger partial charge in [-0.15, -0.1) is 0 Å². The highest BCUT2D eigenvalue weighted by molar-refractivity contribution is 14.1. The van der Waals surface area contributed by atoms with Gasteiger partial charge in [0.25, 0.3) is 0 Å². The molecule has 0 N–H and O–H groups in total. The van der Waals surface area contributed by atoms with Gasteiger partial charge in [-0.05, 0) is 12.1 Å². The van der Waals surface area contributed by atoms with E-state index in [4.69, 9.17) is 14.2 Å². The monoisotopic (exact) mass is 362 g/mol. The van der Waals surface area contributed by atoms with E-state index in [1.54, 1.807) is 14.2 Å². The topological polar surface area (TPSA) is 44.8 Å². The summed E-state index contributed by atoms with van der Waals surface area (Å²) in [5.74, 6) is 1.27. The molecule has 1 aromatic carbocycles. The third kappa shape index (κ3) is 2.28. The number of carbonyl (C=O) groups excluding carboxylic acids is 1. The molecule has 0 amide bonds. The zero-order valence-corrected chi connectivity index (χ0v) is 12.5. The molecule has 1 atom stereocenters. The molecule has 0 radical (unpaired) electrons. The largest absolute Gasteiger partial charge is 0.497 e. The third-order valence-electron chi connectivity index (χ3n) is 3.16. The van der Waals surface area contributed by atoms with E-state index in [0.717, 1.165) is 11.3 Å². The van der Waals surface area contributed by atoms with Crippen LogP contribution in [-0.4, -0.2) is 24.6 Å². The van der Waals surface area contributed by atoms with Gasteiger partial charge in [0.15, 0.2) is 5.60 Å². The molecule has 4 nitrogen and oxygen atoms in total. The Bertz CT molecular complexity index is 460. The van der Waals surface area contributed by atoms with Crippen molar-refractivity contribution in [2.75, 3.05) is 18.6 Å². The lowest BCUT2D eigenvalue weighted by molar-refractivity contribution is -0.147. The van der Waals surface area contributed by atoms with Crippen LogP contribution in [0.5, 0.6) is 11.5 Å². The van der Waals surface area contributed by atoms with Gasteiger partial charge < -0.3 is 14.2 Å². The highest BCUT2D eigenvalue weighted by Gasteiger charge is 2.43. The van der Waals surface area contributed by atoms with Gasteiger partial charge in [-0.3, -0.25) is 4.79 Å². The van der Waals surface area contributed by atoms with Crippen molar-refractivity contribution < 1.29 is 19.0 Å². The van der Waals surface area contributed by atoms with Crippen LogP contribution < -0.4 is 9.47 Å². The first-order valence-electron chi connectivity index (χ1n) is 5.65. The molecule has 0 aliphatic carbocycles. The van der Waals surface area contributed by atoms with Crippen LogP contribution in [0, 0.1) is 0 Å². The van der Waals surface area contributed by atoms with E-state index < -0.39 is 5.60 Å². The molecule has 1 aliphatic rings. The predicted octanol–water partition coefficient (Wildman–Crippen LogP) is 2.67. The lowest BCUT2D eigenvalue weighted by atomic mass is 9.92. The summed E-state index contributed by atoms with van der Waals surface area (Å²) in [5, 5.41) is 0. The number of hydrogen-bond donors (Lipinski definition) is 0. The van der Waals surface area contributed by atoms with E-state index in [1.165, 1.54) is 0 Å². The molecule has 2 rings (SSSR count). The Morgan fingerprint density at radius 1 is 1.39 bits per heavy atom. The maximum atomic E-state index is 11.4. The van der Waals surface area contributed by atoms with Gasteiger partial charge in [0.1, 0.15) is 11.5 Å². The number of halogens is 1. The lowest BCUT2D eigenvalue weighted by Gasteiger charge is -2.27. The van der Waals surface area contributed by atoms with Crippen molar-refractivity contribution in [1.29, 1.82) is 0 Å². The van der Waals surface area contributed by atoms with Crippen LogP contribution in [-0.2, 0) is 15.1 Å². The van der Waals surface area contributed by atoms with Crippen molar-refractivity contribution >= 4 is 28.6 Å². The number of alkyl halides is 1. The number of esters is 1. The van der Waals surface area contributed by atoms with Gasteiger partial charge in [0, 0.05) is 28.9 Å². The van der Waals surface area contributed by atoms with Crippen LogP contribution in [0.3, 0.4) is 0 Å². The highest BCUT2D eigenvalue weighted by Crippen LogP contribution is 2.43. The summed E-state index contributed by atoms with van der Waals surface area (Å²) >= 11 is 2.24. The molecule has 1 saturated heterocycles. The van der Waals surface area contributed by atoms with E-state index in [9.17, 15) is 4.79 Å². The van der Waals surface area contributed by atoms with Crippen LogP contribution >= 0.6 is 22.6 Å². The molecule has 0 saturated carbocycles. The fourth-order valence-corrected chi connectivity index (χ4v) is 3.10. The summed E-state index contributed by atoms with van der Waals surface area (Å²) in [5.41, 5.74) is 0.348. The van der Waals surface area contributed by atoms with Gasteiger partial charge in [-0.1, -0.05) is 22.6 Å². The lowest BCUT2D eigenvalue weighted by Crippen LogP contribution is -2.28. The molecule has 1 heterocycles. The van der Waals surface area contributed by atoms with Crippen molar-refractivity contribution in [1.82, 2.24) is 0 Å². The maximum absolute atomic E-state index is 11.4. The fraction of sp³-hybridized carbons (Fsp3) is 0.462. The molecule has 98 valence electrons. The quantitative estimate of drug-likeness (QED) is 0.469. The van der Waals surface area contributed by atoms with Gasteiger partial charge in [0.05, 0.1) is 14.2 Å². The Hall–Kier alpha value is -0.980. The van der Waals surface area contributed by atoms with E-state index in [-0.39, 0.29) is 5.97 Å². The van der Waals surface area contributed by atoms with Crippen molar-refractivity contribution in [3.63, 3.8) is 0 Å². The number of carbonyl (C=O) groups is 1. The summed E-state index contributed by atoms with van der Waals surface area (Å²) in [6, 6.07) is 5.59. The summed E-state index contributed by atoms with van der Waals surface area (Å²) in [6.45, 7) is 0.